The Morgan fingerprint density at radius 1 is 1.12 bits per heavy atom. The van der Waals surface area contributed by atoms with Crippen LogP contribution in [-0.2, 0) is 5.41 Å². The Hall–Kier alpha value is -1.08. The molecule has 1 saturated heterocycles. The summed E-state index contributed by atoms with van der Waals surface area (Å²) in [7, 11) is 0. The third-order valence-electron chi connectivity index (χ3n) is 5.51. The zero-order chi connectivity index (χ0) is 18.2. The van der Waals surface area contributed by atoms with Gasteiger partial charge in [0.15, 0.2) is 0 Å². The predicted molar refractivity (Wildman–Crippen MR) is 109 cm³/mol. The molecule has 136 valence electrons. The summed E-state index contributed by atoms with van der Waals surface area (Å²) in [6.45, 7) is 21.1. The van der Waals surface area contributed by atoms with Crippen LogP contribution in [0.1, 0.15) is 71.4 Å². The molecule has 1 aromatic rings. The summed E-state index contributed by atoms with van der Waals surface area (Å²) in [6, 6.07) is 9.07. The van der Waals surface area contributed by atoms with Crippen LogP contribution in [0.15, 0.2) is 36.4 Å². The monoisotopic (exact) mass is 329 g/mol. The van der Waals surface area contributed by atoms with Crippen molar-refractivity contribution in [3.8, 4) is 0 Å². The van der Waals surface area contributed by atoms with Crippen LogP contribution in [-0.4, -0.2) is 24.5 Å². The first-order valence-electron chi connectivity index (χ1n) is 9.89. The fourth-order valence-corrected chi connectivity index (χ4v) is 3.44. The van der Waals surface area contributed by atoms with Crippen molar-refractivity contribution in [2.24, 2.45) is 5.92 Å². The molecule has 1 heterocycles. The molecule has 0 bridgehead atoms. The number of aryl methyl sites for hydroxylation is 1. The number of rotatable bonds is 6. The van der Waals surface area contributed by atoms with Gasteiger partial charge in [0, 0.05) is 0 Å². The van der Waals surface area contributed by atoms with Crippen LogP contribution in [0.25, 0.3) is 0 Å². The molecular weight excluding hydrogens is 290 g/mol. The second-order valence-corrected chi connectivity index (χ2v) is 7.63. The minimum absolute atomic E-state index is 0.261. The molecule has 24 heavy (non-hydrogen) atoms. The van der Waals surface area contributed by atoms with Crippen LogP contribution < -0.4 is 0 Å². The van der Waals surface area contributed by atoms with E-state index in [4.69, 9.17) is 0 Å². The lowest BCUT2D eigenvalue weighted by Gasteiger charge is -2.35. The molecule has 0 radical (unpaired) electrons. The Kier molecular flexibility index (Phi) is 8.76. The van der Waals surface area contributed by atoms with Gasteiger partial charge in [-0.1, -0.05) is 76.6 Å². The SMILES string of the molecule is C=C(CC)C1CCN(CCC(C)(C)c2ccc(C)cc2)CC1.CC. The summed E-state index contributed by atoms with van der Waals surface area (Å²) in [5, 5.41) is 0. The van der Waals surface area contributed by atoms with E-state index in [-0.39, 0.29) is 5.41 Å². The van der Waals surface area contributed by atoms with E-state index in [9.17, 15) is 0 Å². The number of hydrogen-bond donors (Lipinski definition) is 0. The van der Waals surface area contributed by atoms with Gasteiger partial charge in [0.25, 0.3) is 0 Å². The maximum Gasteiger partial charge on any atom is -0.00104 e. The van der Waals surface area contributed by atoms with Gasteiger partial charge in [-0.15, -0.1) is 0 Å². The van der Waals surface area contributed by atoms with E-state index < -0.39 is 0 Å². The smallest absolute Gasteiger partial charge is 0.00104 e. The van der Waals surface area contributed by atoms with Crippen LogP contribution in [0.5, 0.6) is 0 Å². The molecule has 1 aromatic carbocycles. The molecule has 2 rings (SSSR count). The van der Waals surface area contributed by atoms with Gasteiger partial charge >= 0.3 is 0 Å². The lowest BCUT2D eigenvalue weighted by atomic mass is 9.81. The molecule has 0 aromatic heterocycles. The number of piperidine rings is 1. The first-order chi connectivity index (χ1) is 11.4. The van der Waals surface area contributed by atoms with E-state index in [1.807, 2.05) is 13.8 Å². The topological polar surface area (TPSA) is 3.24 Å². The molecular formula is C23H39N. The number of allylic oxidation sites excluding steroid dienone is 1. The van der Waals surface area contributed by atoms with Crippen molar-refractivity contribution in [1.29, 1.82) is 0 Å². The summed E-state index contributed by atoms with van der Waals surface area (Å²) >= 11 is 0. The number of benzene rings is 1. The fourth-order valence-electron chi connectivity index (χ4n) is 3.44. The normalized spacial score (nSPS) is 16.4. The largest absolute Gasteiger partial charge is 0.303 e. The minimum Gasteiger partial charge on any atom is -0.303 e. The highest BCUT2D eigenvalue weighted by molar-refractivity contribution is 5.27. The summed E-state index contributed by atoms with van der Waals surface area (Å²) in [5.41, 5.74) is 4.53. The van der Waals surface area contributed by atoms with Crippen molar-refractivity contribution in [1.82, 2.24) is 4.90 Å². The summed E-state index contributed by atoms with van der Waals surface area (Å²) in [5.74, 6) is 0.770. The average molecular weight is 330 g/mol. The zero-order valence-electron chi connectivity index (χ0n) is 17.0. The van der Waals surface area contributed by atoms with Crippen molar-refractivity contribution < 1.29 is 0 Å². The zero-order valence-corrected chi connectivity index (χ0v) is 17.0. The standard InChI is InChI=1S/C21H33N.C2H6/c1-6-18(3)19-11-14-22(15-12-19)16-13-21(4,5)20-9-7-17(2)8-10-20;1-2/h7-10,19H,3,6,11-16H2,1-2,4-5H3;1-2H3. The van der Waals surface area contributed by atoms with E-state index >= 15 is 0 Å². The number of hydrogen-bond acceptors (Lipinski definition) is 1. The van der Waals surface area contributed by atoms with Gasteiger partial charge in [-0.25, -0.2) is 0 Å². The number of likely N-dealkylation sites (tertiary alicyclic amines) is 1. The first-order valence-corrected chi connectivity index (χ1v) is 9.89. The Bertz CT molecular complexity index is 475. The third-order valence-corrected chi connectivity index (χ3v) is 5.51. The Balaban J connectivity index is 0.00000139. The van der Waals surface area contributed by atoms with Crippen LogP contribution in [0.2, 0.25) is 0 Å². The van der Waals surface area contributed by atoms with E-state index in [1.165, 1.54) is 55.6 Å². The highest BCUT2D eigenvalue weighted by Gasteiger charge is 2.24. The molecule has 1 fully saturated rings. The molecule has 1 heteroatoms. The van der Waals surface area contributed by atoms with Crippen molar-refractivity contribution in [2.45, 2.75) is 72.6 Å². The summed E-state index contributed by atoms with van der Waals surface area (Å²) < 4.78 is 0. The first kappa shape index (κ1) is 21.0. The Morgan fingerprint density at radius 2 is 1.67 bits per heavy atom. The average Bonchev–Trinajstić information content (AvgIpc) is 2.62. The van der Waals surface area contributed by atoms with Crippen LogP contribution in [0.3, 0.4) is 0 Å². The van der Waals surface area contributed by atoms with Crippen LogP contribution in [0.4, 0.5) is 0 Å². The van der Waals surface area contributed by atoms with Gasteiger partial charge in [0.2, 0.25) is 0 Å². The predicted octanol–water partition coefficient (Wildman–Crippen LogP) is 6.37. The molecule has 1 aliphatic heterocycles. The highest BCUT2D eigenvalue weighted by atomic mass is 15.1. The lowest BCUT2D eigenvalue weighted by Crippen LogP contribution is -2.37. The molecule has 1 aliphatic rings. The van der Waals surface area contributed by atoms with Gasteiger partial charge in [-0.05, 0) is 69.1 Å². The van der Waals surface area contributed by atoms with Crippen molar-refractivity contribution in [3.63, 3.8) is 0 Å². The Labute approximate surface area is 151 Å². The molecule has 0 N–H and O–H groups in total. The van der Waals surface area contributed by atoms with E-state index in [0.717, 1.165) is 12.3 Å². The molecule has 0 atom stereocenters. The molecule has 0 saturated carbocycles. The minimum atomic E-state index is 0.261. The van der Waals surface area contributed by atoms with Gasteiger partial charge in [0.1, 0.15) is 0 Å². The summed E-state index contributed by atoms with van der Waals surface area (Å²) in [4.78, 5) is 2.65. The maximum absolute atomic E-state index is 4.24. The van der Waals surface area contributed by atoms with Crippen LogP contribution >= 0.6 is 0 Å². The lowest BCUT2D eigenvalue weighted by molar-refractivity contribution is 0.184. The van der Waals surface area contributed by atoms with Gasteiger partial charge in [-0.2, -0.15) is 0 Å². The quantitative estimate of drug-likeness (QED) is 0.548. The molecule has 1 nitrogen and oxygen atoms in total. The highest BCUT2D eigenvalue weighted by Crippen LogP contribution is 2.29. The fraction of sp³-hybridized carbons (Fsp3) is 0.652. The van der Waals surface area contributed by atoms with Crippen LogP contribution in [0, 0.1) is 12.8 Å². The van der Waals surface area contributed by atoms with Gasteiger partial charge < -0.3 is 4.90 Å². The van der Waals surface area contributed by atoms with Crippen molar-refractivity contribution >= 4 is 0 Å². The Morgan fingerprint density at radius 3 is 2.17 bits per heavy atom. The second-order valence-electron chi connectivity index (χ2n) is 7.63. The maximum atomic E-state index is 4.24. The van der Waals surface area contributed by atoms with Crippen molar-refractivity contribution in [2.75, 3.05) is 19.6 Å². The van der Waals surface area contributed by atoms with Gasteiger partial charge in [0.05, 0.1) is 0 Å². The molecule has 0 unspecified atom stereocenters. The van der Waals surface area contributed by atoms with Crippen molar-refractivity contribution in [3.05, 3.63) is 47.5 Å². The molecule has 0 aliphatic carbocycles. The number of nitrogens with zero attached hydrogens (tertiary/aromatic N) is 1. The van der Waals surface area contributed by atoms with E-state index in [2.05, 4.69) is 63.4 Å². The third kappa shape index (κ3) is 6.09. The molecule has 0 amide bonds. The molecule has 0 spiro atoms. The second kappa shape index (κ2) is 10.0. The van der Waals surface area contributed by atoms with E-state index in [1.54, 1.807) is 0 Å². The van der Waals surface area contributed by atoms with Gasteiger partial charge in [-0.3, -0.25) is 0 Å². The van der Waals surface area contributed by atoms with E-state index in [0.29, 0.717) is 0 Å². The summed E-state index contributed by atoms with van der Waals surface area (Å²) in [6.07, 6.45) is 4.98.